The van der Waals surface area contributed by atoms with Crippen molar-refractivity contribution in [3.8, 4) is 5.69 Å². The van der Waals surface area contributed by atoms with Crippen molar-refractivity contribution in [3.05, 3.63) is 58.2 Å². The van der Waals surface area contributed by atoms with Crippen LogP contribution < -0.4 is 11.4 Å². The Morgan fingerprint density at radius 1 is 1.22 bits per heavy atom. The van der Waals surface area contributed by atoms with Crippen LogP contribution in [0, 0.1) is 0 Å². The number of nitrogen functional groups attached to an aromatic ring is 1. The summed E-state index contributed by atoms with van der Waals surface area (Å²) in [7, 11) is 1.88. The van der Waals surface area contributed by atoms with Gasteiger partial charge in [-0.2, -0.15) is 4.98 Å². The maximum absolute atomic E-state index is 12.5. The Morgan fingerprint density at radius 3 is 2.78 bits per heavy atom. The van der Waals surface area contributed by atoms with Crippen molar-refractivity contribution in [2.24, 2.45) is 7.05 Å². The van der Waals surface area contributed by atoms with E-state index in [-0.39, 0.29) is 5.82 Å². The highest BCUT2D eigenvalue weighted by atomic mass is 35.5. The summed E-state index contributed by atoms with van der Waals surface area (Å²) in [6.07, 6.45) is 3.26. The first-order valence-electron chi connectivity index (χ1n) is 6.94. The van der Waals surface area contributed by atoms with Crippen LogP contribution in [-0.2, 0) is 7.05 Å². The number of hydrogen-bond acceptors (Lipinski definition) is 4. The third-order valence-electron chi connectivity index (χ3n) is 3.91. The van der Waals surface area contributed by atoms with E-state index in [1.54, 1.807) is 30.6 Å². The molecular weight excluding hydrogens is 314 g/mol. The van der Waals surface area contributed by atoms with Gasteiger partial charge in [0.2, 0.25) is 0 Å². The second kappa shape index (κ2) is 4.82. The highest BCUT2D eigenvalue weighted by Gasteiger charge is 2.18. The number of aromatic nitrogens is 4. The molecule has 0 saturated heterocycles. The molecule has 0 aliphatic rings. The number of rotatable bonds is 1. The third-order valence-corrected chi connectivity index (χ3v) is 4.15. The van der Waals surface area contributed by atoms with Gasteiger partial charge in [0.15, 0.2) is 5.82 Å². The highest BCUT2D eigenvalue weighted by molar-refractivity contribution is 6.31. The van der Waals surface area contributed by atoms with Crippen molar-refractivity contribution in [3.63, 3.8) is 0 Å². The Hall–Kier alpha value is -2.86. The van der Waals surface area contributed by atoms with E-state index in [0.717, 1.165) is 10.9 Å². The normalized spacial score (nSPS) is 11.4. The van der Waals surface area contributed by atoms with Crippen LogP contribution in [0.15, 0.2) is 47.5 Å². The lowest BCUT2D eigenvalue weighted by molar-refractivity contribution is 0.940. The predicted molar refractivity (Wildman–Crippen MR) is 91.0 cm³/mol. The number of pyridine rings is 1. The Morgan fingerprint density at radius 2 is 2.04 bits per heavy atom. The average Bonchev–Trinajstić information content (AvgIpc) is 2.81. The fourth-order valence-corrected chi connectivity index (χ4v) is 3.12. The molecule has 0 bridgehead atoms. The van der Waals surface area contributed by atoms with Gasteiger partial charge in [0.05, 0.1) is 22.9 Å². The summed E-state index contributed by atoms with van der Waals surface area (Å²) in [5.41, 5.74) is 8.47. The molecule has 3 heterocycles. The molecule has 2 N–H and O–H groups in total. The van der Waals surface area contributed by atoms with Crippen LogP contribution in [0.1, 0.15) is 0 Å². The zero-order chi connectivity index (χ0) is 16.1. The SMILES string of the molecule is Cn1c2ccc(Cl)cc2c2c1c(N)nc(=O)n2-c1cccnc1. The molecule has 4 rings (SSSR count). The topological polar surface area (TPSA) is 78.7 Å². The van der Waals surface area contributed by atoms with Crippen LogP contribution in [0.5, 0.6) is 0 Å². The summed E-state index contributed by atoms with van der Waals surface area (Å²) in [5.74, 6) is 0.194. The molecule has 0 atom stereocenters. The monoisotopic (exact) mass is 325 g/mol. The van der Waals surface area contributed by atoms with E-state index in [9.17, 15) is 4.79 Å². The fourth-order valence-electron chi connectivity index (χ4n) is 2.94. The Balaban J connectivity index is 2.32. The lowest BCUT2D eigenvalue weighted by Crippen LogP contribution is -2.23. The van der Waals surface area contributed by atoms with Gasteiger partial charge in [-0.25, -0.2) is 4.79 Å². The van der Waals surface area contributed by atoms with E-state index in [0.29, 0.717) is 21.7 Å². The van der Waals surface area contributed by atoms with Crippen molar-refractivity contribution in [1.29, 1.82) is 0 Å². The molecule has 0 fully saturated rings. The maximum Gasteiger partial charge on any atom is 0.354 e. The van der Waals surface area contributed by atoms with Gasteiger partial charge in [-0.15, -0.1) is 0 Å². The molecule has 23 heavy (non-hydrogen) atoms. The van der Waals surface area contributed by atoms with Crippen LogP contribution >= 0.6 is 11.6 Å². The van der Waals surface area contributed by atoms with Crippen LogP contribution in [0.25, 0.3) is 27.6 Å². The summed E-state index contributed by atoms with van der Waals surface area (Å²) in [4.78, 5) is 20.5. The van der Waals surface area contributed by atoms with Crippen molar-refractivity contribution >= 4 is 39.4 Å². The first kappa shape index (κ1) is 13.8. The number of aryl methyl sites for hydroxylation is 1. The molecule has 0 spiro atoms. The molecule has 7 heteroatoms. The van der Waals surface area contributed by atoms with Gasteiger partial charge in [-0.05, 0) is 30.3 Å². The number of nitrogens with zero attached hydrogens (tertiary/aromatic N) is 4. The summed E-state index contributed by atoms with van der Waals surface area (Å²) < 4.78 is 3.42. The lowest BCUT2D eigenvalue weighted by Gasteiger charge is -2.08. The van der Waals surface area contributed by atoms with Crippen LogP contribution in [0.3, 0.4) is 0 Å². The quantitative estimate of drug-likeness (QED) is 0.583. The smallest absolute Gasteiger partial charge is 0.354 e. The van der Waals surface area contributed by atoms with Crippen LogP contribution in [0.4, 0.5) is 5.82 Å². The molecule has 0 aliphatic heterocycles. The minimum atomic E-state index is -0.449. The van der Waals surface area contributed by atoms with Crippen LogP contribution in [-0.4, -0.2) is 19.1 Å². The van der Waals surface area contributed by atoms with E-state index in [1.807, 2.05) is 23.7 Å². The van der Waals surface area contributed by atoms with Crippen molar-refractivity contribution in [2.75, 3.05) is 5.73 Å². The van der Waals surface area contributed by atoms with Gasteiger partial charge in [-0.3, -0.25) is 9.55 Å². The summed E-state index contributed by atoms with van der Waals surface area (Å²) in [6, 6.07) is 9.09. The third kappa shape index (κ3) is 1.92. The number of halogens is 1. The largest absolute Gasteiger partial charge is 0.382 e. The van der Waals surface area contributed by atoms with Gasteiger partial charge in [0.25, 0.3) is 0 Å². The fraction of sp³-hybridized carbons (Fsp3) is 0.0625. The summed E-state index contributed by atoms with van der Waals surface area (Å²) >= 11 is 6.15. The maximum atomic E-state index is 12.5. The highest BCUT2D eigenvalue weighted by Crippen LogP contribution is 2.32. The second-order valence-electron chi connectivity index (χ2n) is 5.24. The molecule has 1 aromatic carbocycles. The van der Waals surface area contributed by atoms with Gasteiger partial charge in [0.1, 0.15) is 5.52 Å². The molecular formula is C16H12ClN5O. The van der Waals surface area contributed by atoms with E-state index in [2.05, 4.69) is 9.97 Å². The first-order chi connectivity index (χ1) is 11.1. The van der Waals surface area contributed by atoms with Crippen LogP contribution in [0.2, 0.25) is 5.02 Å². The van der Waals surface area contributed by atoms with E-state index in [1.165, 1.54) is 4.57 Å². The number of fused-ring (bicyclic) bond motifs is 3. The predicted octanol–water partition coefficient (Wildman–Crippen LogP) is 2.51. The van der Waals surface area contributed by atoms with Crippen molar-refractivity contribution < 1.29 is 0 Å². The second-order valence-corrected chi connectivity index (χ2v) is 5.68. The Bertz CT molecular complexity index is 1110. The molecule has 0 amide bonds. The zero-order valence-corrected chi connectivity index (χ0v) is 12.9. The number of benzene rings is 1. The molecule has 0 saturated carbocycles. The van der Waals surface area contributed by atoms with E-state index < -0.39 is 5.69 Å². The van der Waals surface area contributed by atoms with Gasteiger partial charge in [0, 0.05) is 23.7 Å². The average molecular weight is 326 g/mol. The number of nitrogens with two attached hydrogens (primary N) is 1. The molecule has 0 radical (unpaired) electrons. The van der Waals surface area contributed by atoms with Gasteiger partial charge < -0.3 is 10.3 Å². The molecule has 4 aromatic rings. The van der Waals surface area contributed by atoms with Crippen molar-refractivity contribution in [1.82, 2.24) is 19.1 Å². The number of anilines is 1. The first-order valence-corrected chi connectivity index (χ1v) is 7.32. The van der Waals surface area contributed by atoms with E-state index >= 15 is 0 Å². The molecule has 6 nitrogen and oxygen atoms in total. The lowest BCUT2D eigenvalue weighted by atomic mass is 10.2. The molecule has 0 aliphatic carbocycles. The summed E-state index contributed by atoms with van der Waals surface area (Å²) in [6.45, 7) is 0. The molecule has 114 valence electrons. The zero-order valence-electron chi connectivity index (χ0n) is 12.2. The molecule has 0 unspecified atom stereocenters. The Kier molecular flexibility index (Phi) is 2.89. The molecule has 3 aromatic heterocycles. The Labute approximate surface area is 135 Å². The van der Waals surface area contributed by atoms with E-state index in [4.69, 9.17) is 17.3 Å². The minimum absolute atomic E-state index is 0.194. The van der Waals surface area contributed by atoms with Crippen molar-refractivity contribution in [2.45, 2.75) is 0 Å². The standard InChI is InChI=1S/C16H12ClN5O/c1-21-12-5-4-9(17)7-11(12)13-14(21)15(18)20-16(23)22(13)10-3-2-6-19-8-10/h2-8H,1H3,(H2,18,20,23). The van der Waals surface area contributed by atoms with Gasteiger partial charge in [-0.1, -0.05) is 11.6 Å². The summed E-state index contributed by atoms with van der Waals surface area (Å²) in [5, 5.41) is 1.43. The van der Waals surface area contributed by atoms with Gasteiger partial charge >= 0.3 is 5.69 Å². The minimum Gasteiger partial charge on any atom is -0.382 e. The number of hydrogen-bond donors (Lipinski definition) is 1.